The van der Waals surface area contributed by atoms with Crippen LogP contribution in [-0.2, 0) is 6.42 Å². The van der Waals surface area contributed by atoms with Crippen LogP contribution in [0.4, 0.5) is 0 Å². The van der Waals surface area contributed by atoms with Gasteiger partial charge in [0, 0.05) is 0 Å². The Morgan fingerprint density at radius 2 is 0.964 bits per heavy atom. The first-order valence-electron chi connectivity index (χ1n) is 9.69. The van der Waals surface area contributed by atoms with Gasteiger partial charge < -0.3 is 0 Å². The second-order valence-corrected chi connectivity index (χ2v) is 6.13. The molecule has 2 aromatic carbocycles. The third-order valence-electron chi connectivity index (χ3n) is 3.85. The van der Waals surface area contributed by atoms with Gasteiger partial charge in [0.1, 0.15) is 0 Å². The van der Waals surface area contributed by atoms with Crippen LogP contribution in [0.1, 0.15) is 17.5 Å². The fourth-order valence-corrected chi connectivity index (χ4v) is 2.41. The fraction of sp³-hybridized carbons (Fsp3) is 0.0714. The lowest BCUT2D eigenvalue weighted by Gasteiger charge is -1.92. The van der Waals surface area contributed by atoms with Crippen molar-refractivity contribution in [3.05, 3.63) is 151 Å². The van der Waals surface area contributed by atoms with Gasteiger partial charge in [-0.2, -0.15) is 0 Å². The van der Waals surface area contributed by atoms with E-state index in [9.17, 15) is 0 Å². The lowest BCUT2D eigenvalue weighted by Crippen LogP contribution is -1.77. The van der Waals surface area contributed by atoms with Gasteiger partial charge in [0.15, 0.2) is 0 Å². The molecule has 0 amide bonds. The summed E-state index contributed by atoms with van der Waals surface area (Å²) in [6, 6.07) is 20.8. The van der Waals surface area contributed by atoms with Crippen LogP contribution >= 0.6 is 0 Å². The molecule has 0 radical (unpaired) electrons. The van der Waals surface area contributed by atoms with Crippen LogP contribution in [0.15, 0.2) is 140 Å². The standard InChI is InChI=1S/C28H28/c1(3-5-7-9-11-15-21-27-23-17-13-18-24-27)2-4-6-8-10-12-16-22-28-25-19-14-20-26-28/h1-11,13-20,22-26H,12,21H2/b2-1+,5-3+,6-4+,9-7+,10-8+,15-11+,22-16+. The van der Waals surface area contributed by atoms with E-state index >= 15 is 0 Å². The lowest BCUT2D eigenvalue weighted by atomic mass is 10.1. The van der Waals surface area contributed by atoms with Gasteiger partial charge >= 0.3 is 0 Å². The van der Waals surface area contributed by atoms with Crippen LogP contribution in [-0.4, -0.2) is 0 Å². The maximum atomic E-state index is 2.17. The zero-order valence-corrected chi connectivity index (χ0v) is 16.3. The fourth-order valence-electron chi connectivity index (χ4n) is 2.41. The molecule has 0 bridgehead atoms. The zero-order valence-electron chi connectivity index (χ0n) is 16.3. The first kappa shape index (κ1) is 20.9. The summed E-state index contributed by atoms with van der Waals surface area (Å²) < 4.78 is 0. The highest BCUT2D eigenvalue weighted by Gasteiger charge is 1.83. The molecule has 140 valence electrons. The molecule has 0 aliphatic carbocycles. The molecule has 0 saturated heterocycles. The van der Waals surface area contributed by atoms with Crippen molar-refractivity contribution in [1.82, 2.24) is 0 Å². The second kappa shape index (κ2) is 14.8. The quantitative estimate of drug-likeness (QED) is 0.379. The van der Waals surface area contributed by atoms with Crippen LogP contribution < -0.4 is 0 Å². The predicted molar refractivity (Wildman–Crippen MR) is 125 cm³/mol. The maximum Gasteiger partial charge on any atom is -0.00943 e. The van der Waals surface area contributed by atoms with Gasteiger partial charge in [0.25, 0.3) is 0 Å². The molecule has 0 heterocycles. The molecule has 28 heavy (non-hydrogen) atoms. The molecule has 2 aromatic rings. The predicted octanol–water partition coefficient (Wildman–Crippen LogP) is 7.67. The Hall–Kier alpha value is -3.38. The summed E-state index contributed by atoms with van der Waals surface area (Å²) in [5.41, 5.74) is 2.57. The van der Waals surface area contributed by atoms with E-state index in [1.807, 2.05) is 54.7 Å². The van der Waals surface area contributed by atoms with Crippen molar-refractivity contribution in [2.75, 3.05) is 0 Å². The van der Waals surface area contributed by atoms with Crippen molar-refractivity contribution < 1.29 is 0 Å². The molecule has 0 unspecified atom stereocenters. The van der Waals surface area contributed by atoms with Crippen molar-refractivity contribution in [2.45, 2.75) is 12.8 Å². The minimum absolute atomic E-state index is 0.936. The molecule has 0 nitrogen and oxygen atoms in total. The van der Waals surface area contributed by atoms with Crippen LogP contribution in [0.3, 0.4) is 0 Å². The lowest BCUT2D eigenvalue weighted by molar-refractivity contribution is 1.27. The van der Waals surface area contributed by atoms with Crippen LogP contribution in [0, 0.1) is 0 Å². The van der Waals surface area contributed by atoms with Gasteiger partial charge in [-0.3, -0.25) is 0 Å². The van der Waals surface area contributed by atoms with Crippen molar-refractivity contribution in [3.63, 3.8) is 0 Å². The minimum atomic E-state index is 0.936. The summed E-state index contributed by atoms with van der Waals surface area (Å²) in [6.45, 7) is 0. The number of hydrogen-bond donors (Lipinski definition) is 0. The summed E-state index contributed by atoms with van der Waals surface area (Å²) in [7, 11) is 0. The van der Waals surface area contributed by atoms with Crippen LogP contribution in [0.2, 0.25) is 0 Å². The molecule has 0 fully saturated rings. The number of allylic oxidation sites excluding steroid dienone is 13. The minimum Gasteiger partial charge on any atom is -0.0807 e. The third kappa shape index (κ3) is 10.6. The highest BCUT2D eigenvalue weighted by Crippen LogP contribution is 2.02. The van der Waals surface area contributed by atoms with Crippen LogP contribution in [0.5, 0.6) is 0 Å². The molecule has 0 aromatic heterocycles. The van der Waals surface area contributed by atoms with Gasteiger partial charge in [0.05, 0.1) is 0 Å². The average molecular weight is 365 g/mol. The molecule has 0 aliphatic rings. The summed E-state index contributed by atoms with van der Waals surface area (Å²) in [5.74, 6) is 0. The van der Waals surface area contributed by atoms with Crippen molar-refractivity contribution in [1.29, 1.82) is 0 Å². The molecular weight excluding hydrogens is 336 g/mol. The Morgan fingerprint density at radius 3 is 1.57 bits per heavy atom. The number of rotatable bonds is 10. The topological polar surface area (TPSA) is 0 Å². The van der Waals surface area contributed by atoms with E-state index in [0.29, 0.717) is 0 Å². The van der Waals surface area contributed by atoms with E-state index in [4.69, 9.17) is 0 Å². The van der Waals surface area contributed by atoms with E-state index in [0.717, 1.165) is 12.8 Å². The number of hydrogen-bond acceptors (Lipinski definition) is 0. The Labute approximate surface area is 170 Å². The second-order valence-electron chi connectivity index (χ2n) is 6.13. The van der Waals surface area contributed by atoms with Gasteiger partial charge in [-0.1, -0.05) is 146 Å². The van der Waals surface area contributed by atoms with E-state index in [1.54, 1.807) is 0 Å². The highest BCUT2D eigenvalue weighted by molar-refractivity contribution is 5.48. The molecule has 0 aliphatic heterocycles. The smallest absolute Gasteiger partial charge is 0.00943 e. The molecule has 0 N–H and O–H groups in total. The SMILES string of the molecule is C(/C=C/C=C/C=C/Cc1ccccc1)=C\C=C\C=C\C/C=C/c1ccccc1. The zero-order chi connectivity index (χ0) is 19.5. The van der Waals surface area contributed by atoms with Gasteiger partial charge in [-0.25, -0.2) is 0 Å². The largest absolute Gasteiger partial charge is 0.0807 e. The monoisotopic (exact) mass is 364 g/mol. The molecular formula is C28H28. The summed E-state index contributed by atoms with van der Waals surface area (Å²) in [5, 5.41) is 0. The Morgan fingerprint density at radius 1 is 0.464 bits per heavy atom. The normalized spacial score (nSPS) is 13.0. The Bertz CT molecular complexity index is 841. The van der Waals surface area contributed by atoms with Gasteiger partial charge in [-0.05, 0) is 24.0 Å². The van der Waals surface area contributed by atoms with E-state index in [-0.39, 0.29) is 0 Å². The highest BCUT2D eigenvalue weighted by atomic mass is 13.9. The van der Waals surface area contributed by atoms with Gasteiger partial charge in [-0.15, -0.1) is 0 Å². The Balaban J connectivity index is 1.56. The molecule has 2 rings (SSSR count). The first-order chi connectivity index (χ1) is 13.9. The van der Waals surface area contributed by atoms with E-state index in [1.165, 1.54) is 11.1 Å². The summed E-state index contributed by atoms with van der Waals surface area (Å²) >= 11 is 0. The van der Waals surface area contributed by atoms with E-state index < -0.39 is 0 Å². The summed E-state index contributed by atoms with van der Waals surface area (Å²) in [6.07, 6.45) is 30.9. The van der Waals surface area contributed by atoms with Crippen LogP contribution in [0.25, 0.3) is 6.08 Å². The molecule has 0 spiro atoms. The van der Waals surface area contributed by atoms with E-state index in [2.05, 4.69) is 91.1 Å². The molecule has 0 atom stereocenters. The van der Waals surface area contributed by atoms with Crippen molar-refractivity contribution in [2.24, 2.45) is 0 Å². The van der Waals surface area contributed by atoms with Crippen molar-refractivity contribution >= 4 is 6.08 Å². The average Bonchev–Trinajstić information content (AvgIpc) is 2.75. The van der Waals surface area contributed by atoms with Gasteiger partial charge in [0.2, 0.25) is 0 Å². The molecule has 0 heteroatoms. The van der Waals surface area contributed by atoms with Crippen molar-refractivity contribution in [3.8, 4) is 0 Å². The first-order valence-corrected chi connectivity index (χ1v) is 9.69. The summed E-state index contributed by atoms with van der Waals surface area (Å²) in [4.78, 5) is 0. The number of benzene rings is 2. The maximum absolute atomic E-state index is 2.17. The molecule has 0 saturated carbocycles. The third-order valence-corrected chi connectivity index (χ3v) is 3.85. The Kier molecular flexibility index (Phi) is 11.0.